The lowest BCUT2D eigenvalue weighted by molar-refractivity contribution is 0.324. The molecule has 0 radical (unpaired) electrons. The fourth-order valence-corrected chi connectivity index (χ4v) is 2.56. The summed E-state index contributed by atoms with van der Waals surface area (Å²) < 4.78 is 16.6. The first-order valence-electron chi connectivity index (χ1n) is 7.67. The zero-order chi connectivity index (χ0) is 18.7. The first-order valence-corrected chi connectivity index (χ1v) is 7.67. The van der Waals surface area contributed by atoms with Crippen LogP contribution in [-0.2, 0) is 0 Å². The molecule has 0 bridgehead atoms. The van der Waals surface area contributed by atoms with Crippen molar-refractivity contribution in [2.75, 3.05) is 21.3 Å². The Bertz CT molecular complexity index is 1070. The van der Waals surface area contributed by atoms with Crippen molar-refractivity contribution in [2.45, 2.75) is 0 Å². The van der Waals surface area contributed by atoms with Crippen LogP contribution < -0.4 is 25.5 Å². The average molecular weight is 355 g/mol. The van der Waals surface area contributed by atoms with Crippen LogP contribution in [0.15, 0.2) is 51.1 Å². The lowest BCUT2D eigenvalue weighted by Gasteiger charge is -2.12. The van der Waals surface area contributed by atoms with Crippen LogP contribution >= 0.6 is 0 Å². The summed E-state index contributed by atoms with van der Waals surface area (Å²) in [5, 5.41) is 4.39. The zero-order valence-corrected chi connectivity index (χ0v) is 14.5. The molecule has 0 saturated carbocycles. The van der Waals surface area contributed by atoms with Crippen molar-refractivity contribution in [3.8, 4) is 17.2 Å². The Kier molecular flexibility index (Phi) is 4.74. The Morgan fingerprint density at radius 2 is 1.65 bits per heavy atom. The average Bonchev–Trinajstić information content (AvgIpc) is 2.66. The SMILES string of the molecule is COc1cc(C=Nn2c(=O)[nH]c3ccccc3c2=O)cc(OC)c1OC. The summed E-state index contributed by atoms with van der Waals surface area (Å²) in [6.45, 7) is 0. The molecule has 26 heavy (non-hydrogen) atoms. The van der Waals surface area contributed by atoms with Gasteiger partial charge >= 0.3 is 5.69 Å². The van der Waals surface area contributed by atoms with Gasteiger partial charge in [0, 0.05) is 5.56 Å². The summed E-state index contributed by atoms with van der Waals surface area (Å²) in [5.74, 6) is 1.31. The highest BCUT2D eigenvalue weighted by Crippen LogP contribution is 2.37. The Labute approximate surface area is 148 Å². The van der Waals surface area contributed by atoms with Gasteiger partial charge in [0.15, 0.2) is 11.5 Å². The normalized spacial score (nSPS) is 11.0. The van der Waals surface area contributed by atoms with Gasteiger partial charge in [0.1, 0.15) is 0 Å². The summed E-state index contributed by atoms with van der Waals surface area (Å²) in [7, 11) is 4.50. The number of rotatable bonds is 5. The number of hydrogen-bond acceptors (Lipinski definition) is 6. The van der Waals surface area contributed by atoms with E-state index in [2.05, 4.69) is 10.1 Å². The second kappa shape index (κ2) is 7.14. The van der Waals surface area contributed by atoms with Crippen LogP contribution in [0.25, 0.3) is 10.9 Å². The number of fused-ring (bicyclic) bond motifs is 1. The lowest BCUT2D eigenvalue weighted by atomic mass is 10.2. The number of aromatic amines is 1. The highest BCUT2D eigenvalue weighted by Gasteiger charge is 2.12. The predicted molar refractivity (Wildman–Crippen MR) is 97.9 cm³/mol. The van der Waals surface area contributed by atoms with Gasteiger partial charge in [-0.2, -0.15) is 5.10 Å². The Balaban J connectivity index is 2.10. The highest BCUT2D eigenvalue weighted by molar-refractivity contribution is 5.82. The largest absolute Gasteiger partial charge is 0.493 e. The van der Waals surface area contributed by atoms with E-state index in [-0.39, 0.29) is 0 Å². The van der Waals surface area contributed by atoms with Gasteiger partial charge < -0.3 is 19.2 Å². The molecular formula is C18H17N3O5. The van der Waals surface area contributed by atoms with Gasteiger partial charge in [-0.05, 0) is 24.3 Å². The van der Waals surface area contributed by atoms with E-state index in [1.807, 2.05) is 0 Å². The van der Waals surface area contributed by atoms with Crippen molar-refractivity contribution >= 4 is 17.1 Å². The van der Waals surface area contributed by atoms with Crippen LogP contribution in [-0.4, -0.2) is 37.2 Å². The van der Waals surface area contributed by atoms with Crippen LogP contribution in [0.4, 0.5) is 0 Å². The van der Waals surface area contributed by atoms with Crippen molar-refractivity contribution in [3.63, 3.8) is 0 Å². The molecule has 1 heterocycles. The number of para-hydroxylation sites is 1. The number of H-pyrrole nitrogens is 1. The molecule has 0 atom stereocenters. The van der Waals surface area contributed by atoms with E-state index in [0.29, 0.717) is 33.7 Å². The van der Waals surface area contributed by atoms with Crippen molar-refractivity contribution in [1.82, 2.24) is 9.66 Å². The molecular weight excluding hydrogens is 338 g/mol. The van der Waals surface area contributed by atoms with E-state index >= 15 is 0 Å². The van der Waals surface area contributed by atoms with Gasteiger partial charge in [-0.25, -0.2) is 4.79 Å². The molecule has 0 aliphatic rings. The number of aromatic nitrogens is 2. The maximum atomic E-state index is 12.5. The Hall–Kier alpha value is -3.55. The van der Waals surface area contributed by atoms with Crippen LogP contribution in [0.3, 0.4) is 0 Å². The molecule has 0 fully saturated rings. The summed E-state index contributed by atoms with van der Waals surface area (Å²) in [5.41, 5.74) is -0.105. The third-order valence-electron chi connectivity index (χ3n) is 3.79. The third-order valence-corrected chi connectivity index (χ3v) is 3.79. The molecule has 0 saturated heterocycles. The fraction of sp³-hybridized carbons (Fsp3) is 0.167. The minimum Gasteiger partial charge on any atom is -0.493 e. The zero-order valence-electron chi connectivity index (χ0n) is 14.5. The molecule has 134 valence electrons. The van der Waals surface area contributed by atoms with E-state index in [4.69, 9.17) is 14.2 Å². The molecule has 0 aliphatic heterocycles. The van der Waals surface area contributed by atoms with Crippen LogP contribution in [0.5, 0.6) is 17.2 Å². The molecule has 0 unspecified atom stereocenters. The van der Waals surface area contributed by atoms with Crippen LogP contribution in [0.2, 0.25) is 0 Å². The van der Waals surface area contributed by atoms with Crippen molar-refractivity contribution in [1.29, 1.82) is 0 Å². The standard InChI is InChI=1S/C18H17N3O5/c1-24-14-8-11(9-15(25-2)16(14)26-3)10-19-21-17(22)12-6-4-5-7-13(12)20-18(21)23/h4-10H,1-3H3,(H,20,23). The van der Waals surface area contributed by atoms with Gasteiger partial charge in [-0.15, -0.1) is 4.68 Å². The number of nitrogens with one attached hydrogen (secondary N) is 1. The molecule has 0 aliphatic carbocycles. The topological polar surface area (TPSA) is 94.9 Å². The summed E-state index contributed by atoms with van der Waals surface area (Å²) >= 11 is 0. The number of hydrogen-bond donors (Lipinski definition) is 1. The monoisotopic (exact) mass is 355 g/mol. The van der Waals surface area contributed by atoms with Crippen LogP contribution in [0, 0.1) is 0 Å². The fourth-order valence-electron chi connectivity index (χ4n) is 2.56. The van der Waals surface area contributed by atoms with Crippen molar-refractivity contribution in [2.24, 2.45) is 5.10 Å². The molecule has 8 nitrogen and oxygen atoms in total. The molecule has 2 aromatic carbocycles. The minimum absolute atomic E-state index is 0.370. The van der Waals surface area contributed by atoms with E-state index in [1.54, 1.807) is 36.4 Å². The highest BCUT2D eigenvalue weighted by atomic mass is 16.5. The number of methoxy groups -OCH3 is 3. The second-order valence-corrected chi connectivity index (χ2v) is 5.30. The van der Waals surface area contributed by atoms with E-state index in [9.17, 15) is 9.59 Å². The quantitative estimate of drug-likeness (QED) is 0.702. The van der Waals surface area contributed by atoms with Gasteiger partial charge in [0.25, 0.3) is 5.56 Å². The predicted octanol–water partition coefficient (Wildman–Crippen LogP) is 1.60. The first-order chi connectivity index (χ1) is 12.6. The van der Waals surface area contributed by atoms with Crippen molar-refractivity contribution in [3.05, 3.63) is 62.8 Å². The lowest BCUT2D eigenvalue weighted by Crippen LogP contribution is -2.32. The maximum Gasteiger partial charge on any atom is 0.349 e. The Morgan fingerprint density at radius 1 is 1.00 bits per heavy atom. The molecule has 1 N–H and O–H groups in total. The smallest absolute Gasteiger partial charge is 0.349 e. The van der Waals surface area contributed by atoms with Gasteiger partial charge in [0.05, 0.1) is 38.4 Å². The summed E-state index contributed by atoms with van der Waals surface area (Å²) in [4.78, 5) is 27.2. The maximum absolute atomic E-state index is 12.5. The summed E-state index contributed by atoms with van der Waals surface area (Å²) in [6, 6.07) is 10.1. The van der Waals surface area contributed by atoms with E-state index in [0.717, 1.165) is 4.68 Å². The van der Waals surface area contributed by atoms with E-state index < -0.39 is 11.2 Å². The van der Waals surface area contributed by atoms with Crippen molar-refractivity contribution < 1.29 is 14.2 Å². The second-order valence-electron chi connectivity index (χ2n) is 5.30. The van der Waals surface area contributed by atoms with E-state index in [1.165, 1.54) is 27.5 Å². The summed E-state index contributed by atoms with van der Waals surface area (Å²) in [6.07, 6.45) is 1.37. The number of ether oxygens (including phenoxy) is 3. The van der Waals surface area contributed by atoms with Gasteiger partial charge in [-0.1, -0.05) is 12.1 Å². The molecule has 1 aromatic heterocycles. The van der Waals surface area contributed by atoms with Gasteiger partial charge in [-0.3, -0.25) is 4.79 Å². The Morgan fingerprint density at radius 3 is 2.27 bits per heavy atom. The molecule has 0 amide bonds. The molecule has 3 aromatic rings. The van der Waals surface area contributed by atoms with Crippen LogP contribution in [0.1, 0.15) is 5.56 Å². The molecule has 0 spiro atoms. The van der Waals surface area contributed by atoms with Gasteiger partial charge in [0.2, 0.25) is 5.75 Å². The number of nitrogens with zero attached hydrogens (tertiary/aromatic N) is 2. The molecule has 3 rings (SSSR count). The molecule has 8 heteroatoms. The minimum atomic E-state index is -0.627. The number of benzene rings is 2. The first kappa shape index (κ1) is 17.3. The third kappa shape index (κ3) is 3.04.